The summed E-state index contributed by atoms with van der Waals surface area (Å²) in [7, 11) is 0. The van der Waals surface area contributed by atoms with Crippen molar-refractivity contribution in [3.8, 4) is 0 Å². The number of amides is 1. The van der Waals surface area contributed by atoms with Gasteiger partial charge in [0, 0.05) is 18.8 Å². The largest absolute Gasteiger partial charge is 0.385 e. The van der Waals surface area contributed by atoms with E-state index in [0.29, 0.717) is 19.8 Å². The summed E-state index contributed by atoms with van der Waals surface area (Å²) in [4.78, 5) is 14.5. The van der Waals surface area contributed by atoms with Gasteiger partial charge in [-0.1, -0.05) is 6.07 Å². The topological polar surface area (TPSA) is 41.6 Å². The number of hydrogen-bond donors (Lipinski definition) is 1. The van der Waals surface area contributed by atoms with Crippen LogP contribution in [-0.2, 0) is 4.74 Å². The minimum absolute atomic E-state index is 0.0896. The Morgan fingerprint density at radius 3 is 3.00 bits per heavy atom. The number of benzene rings is 1. The molecule has 0 radical (unpaired) electrons. The van der Waals surface area contributed by atoms with E-state index in [1.54, 1.807) is 0 Å². The molecule has 4 heteroatoms. The van der Waals surface area contributed by atoms with Crippen LogP contribution in [0.15, 0.2) is 18.2 Å². The molecule has 19 heavy (non-hydrogen) atoms. The van der Waals surface area contributed by atoms with E-state index in [0.717, 1.165) is 23.4 Å². The van der Waals surface area contributed by atoms with Crippen LogP contribution in [0.1, 0.15) is 29.8 Å². The minimum Gasteiger partial charge on any atom is -0.385 e. The summed E-state index contributed by atoms with van der Waals surface area (Å²) < 4.78 is 5.39. The summed E-state index contributed by atoms with van der Waals surface area (Å²) in [6.45, 7) is 8.81. The normalized spacial score (nSPS) is 19.3. The molecule has 104 valence electrons. The van der Waals surface area contributed by atoms with E-state index in [4.69, 9.17) is 4.74 Å². The molecule has 1 aliphatic heterocycles. The quantitative estimate of drug-likeness (QED) is 0.908. The second-order valence-electron chi connectivity index (χ2n) is 5.00. The van der Waals surface area contributed by atoms with E-state index in [1.165, 1.54) is 0 Å². The van der Waals surface area contributed by atoms with Gasteiger partial charge in [0.1, 0.15) is 0 Å². The molecule has 1 aromatic rings. The van der Waals surface area contributed by atoms with Gasteiger partial charge in [-0.2, -0.15) is 0 Å². The van der Waals surface area contributed by atoms with E-state index < -0.39 is 0 Å². The maximum atomic E-state index is 12.6. The lowest BCUT2D eigenvalue weighted by molar-refractivity contribution is 0.00365. The predicted molar refractivity (Wildman–Crippen MR) is 76.7 cm³/mol. The van der Waals surface area contributed by atoms with Gasteiger partial charge in [0.25, 0.3) is 5.91 Å². The SMILES string of the molecule is CCNc1cc(C)ccc1C(=O)N1CCOCC1C. The van der Waals surface area contributed by atoms with Crippen molar-refractivity contribution in [2.24, 2.45) is 0 Å². The summed E-state index contributed by atoms with van der Waals surface area (Å²) in [5.41, 5.74) is 2.83. The summed E-state index contributed by atoms with van der Waals surface area (Å²) in [5, 5.41) is 3.27. The number of morpholine rings is 1. The lowest BCUT2D eigenvalue weighted by Crippen LogP contribution is -2.47. The zero-order chi connectivity index (χ0) is 13.8. The fourth-order valence-electron chi connectivity index (χ4n) is 2.36. The number of hydrogen-bond acceptors (Lipinski definition) is 3. The van der Waals surface area contributed by atoms with Crippen LogP contribution in [0, 0.1) is 6.92 Å². The summed E-state index contributed by atoms with van der Waals surface area (Å²) in [6.07, 6.45) is 0. The number of nitrogens with one attached hydrogen (secondary N) is 1. The van der Waals surface area contributed by atoms with Crippen LogP contribution in [0.2, 0.25) is 0 Å². The highest BCUT2D eigenvalue weighted by Crippen LogP contribution is 2.21. The Kier molecular flexibility index (Phi) is 4.43. The number of carbonyl (C=O) groups excluding carboxylic acids is 1. The van der Waals surface area contributed by atoms with Crippen molar-refractivity contribution in [1.29, 1.82) is 0 Å². The van der Waals surface area contributed by atoms with Crippen LogP contribution in [0.4, 0.5) is 5.69 Å². The number of ether oxygens (including phenoxy) is 1. The fraction of sp³-hybridized carbons (Fsp3) is 0.533. The molecule has 1 aliphatic rings. The monoisotopic (exact) mass is 262 g/mol. The number of anilines is 1. The summed E-state index contributed by atoms with van der Waals surface area (Å²) in [5.74, 6) is 0.0896. The molecule has 4 nitrogen and oxygen atoms in total. The van der Waals surface area contributed by atoms with Crippen molar-refractivity contribution in [2.45, 2.75) is 26.8 Å². The predicted octanol–water partition coefficient (Wildman–Crippen LogP) is 2.29. The third kappa shape index (κ3) is 3.07. The van der Waals surface area contributed by atoms with Gasteiger partial charge >= 0.3 is 0 Å². The first kappa shape index (κ1) is 13.9. The van der Waals surface area contributed by atoms with Crippen LogP contribution < -0.4 is 5.32 Å². The molecular weight excluding hydrogens is 240 g/mol. The number of aryl methyl sites for hydroxylation is 1. The van der Waals surface area contributed by atoms with Gasteiger partial charge in [-0.25, -0.2) is 0 Å². The third-order valence-electron chi connectivity index (χ3n) is 3.40. The molecule has 2 rings (SSSR count). The highest BCUT2D eigenvalue weighted by molar-refractivity contribution is 6.00. The highest BCUT2D eigenvalue weighted by atomic mass is 16.5. The third-order valence-corrected chi connectivity index (χ3v) is 3.40. The van der Waals surface area contributed by atoms with Gasteiger partial charge in [0.15, 0.2) is 0 Å². The zero-order valence-corrected chi connectivity index (χ0v) is 11.9. The molecule has 0 spiro atoms. The first-order valence-electron chi connectivity index (χ1n) is 6.86. The highest BCUT2D eigenvalue weighted by Gasteiger charge is 2.26. The molecule has 1 amide bonds. The lowest BCUT2D eigenvalue weighted by Gasteiger charge is -2.33. The van der Waals surface area contributed by atoms with Crippen LogP contribution >= 0.6 is 0 Å². The molecule has 1 heterocycles. The van der Waals surface area contributed by atoms with Crippen molar-refractivity contribution >= 4 is 11.6 Å². The van der Waals surface area contributed by atoms with Crippen molar-refractivity contribution in [3.05, 3.63) is 29.3 Å². The molecule has 1 unspecified atom stereocenters. The Morgan fingerprint density at radius 1 is 1.53 bits per heavy atom. The standard InChI is InChI=1S/C15H22N2O2/c1-4-16-14-9-11(2)5-6-13(14)15(18)17-7-8-19-10-12(17)3/h5-6,9,12,16H,4,7-8,10H2,1-3H3. The zero-order valence-electron chi connectivity index (χ0n) is 11.9. The van der Waals surface area contributed by atoms with Gasteiger partial charge in [-0.05, 0) is 38.5 Å². The van der Waals surface area contributed by atoms with Crippen molar-refractivity contribution in [1.82, 2.24) is 4.90 Å². The summed E-state index contributed by atoms with van der Waals surface area (Å²) >= 11 is 0. The molecule has 0 saturated carbocycles. The Labute approximate surface area is 114 Å². The van der Waals surface area contributed by atoms with Crippen LogP contribution in [0.3, 0.4) is 0 Å². The maximum Gasteiger partial charge on any atom is 0.256 e. The second-order valence-corrected chi connectivity index (χ2v) is 5.00. The Hall–Kier alpha value is -1.55. The molecule has 1 saturated heterocycles. The molecule has 0 bridgehead atoms. The Morgan fingerprint density at radius 2 is 2.32 bits per heavy atom. The number of rotatable bonds is 3. The first-order valence-corrected chi connectivity index (χ1v) is 6.86. The maximum absolute atomic E-state index is 12.6. The molecule has 1 atom stereocenters. The van der Waals surface area contributed by atoms with Gasteiger partial charge in [-0.15, -0.1) is 0 Å². The Balaban J connectivity index is 2.27. The van der Waals surface area contributed by atoms with Crippen LogP contribution in [-0.4, -0.2) is 43.2 Å². The summed E-state index contributed by atoms with van der Waals surface area (Å²) in [6, 6.07) is 6.07. The average molecular weight is 262 g/mol. The van der Waals surface area contributed by atoms with E-state index in [1.807, 2.05) is 43.9 Å². The molecule has 1 aromatic carbocycles. The Bertz CT molecular complexity index is 459. The van der Waals surface area contributed by atoms with Crippen molar-refractivity contribution in [3.63, 3.8) is 0 Å². The van der Waals surface area contributed by atoms with Crippen LogP contribution in [0.5, 0.6) is 0 Å². The fourth-order valence-corrected chi connectivity index (χ4v) is 2.36. The molecule has 0 aliphatic carbocycles. The molecule has 1 N–H and O–H groups in total. The van der Waals surface area contributed by atoms with E-state index >= 15 is 0 Å². The first-order chi connectivity index (χ1) is 9.13. The van der Waals surface area contributed by atoms with E-state index in [9.17, 15) is 4.79 Å². The lowest BCUT2D eigenvalue weighted by atomic mass is 10.1. The average Bonchev–Trinajstić information content (AvgIpc) is 2.39. The minimum atomic E-state index is 0.0896. The molecule has 1 fully saturated rings. The van der Waals surface area contributed by atoms with Crippen molar-refractivity contribution in [2.75, 3.05) is 31.6 Å². The van der Waals surface area contributed by atoms with Gasteiger partial charge < -0.3 is 15.0 Å². The molecular formula is C15H22N2O2. The van der Waals surface area contributed by atoms with E-state index in [2.05, 4.69) is 5.32 Å². The van der Waals surface area contributed by atoms with Gasteiger partial charge in [0.2, 0.25) is 0 Å². The number of carbonyl (C=O) groups is 1. The smallest absolute Gasteiger partial charge is 0.256 e. The van der Waals surface area contributed by atoms with E-state index in [-0.39, 0.29) is 11.9 Å². The molecule has 0 aromatic heterocycles. The van der Waals surface area contributed by atoms with Gasteiger partial charge in [-0.3, -0.25) is 4.79 Å². The number of nitrogens with zero attached hydrogens (tertiary/aromatic N) is 1. The second kappa shape index (κ2) is 6.06. The van der Waals surface area contributed by atoms with Gasteiger partial charge in [0.05, 0.1) is 24.8 Å². The van der Waals surface area contributed by atoms with Crippen LogP contribution in [0.25, 0.3) is 0 Å². The van der Waals surface area contributed by atoms with Crippen molar-refractivity contribution < 1.29 is 9.53 Å².